The second-order valence-corrected chi connectivity index (χ2v) is 3.84. The van der Waals surface area contributed by atoms with Gasteiger partial charge in [0.15, 0.2) is 0 Å². The van der Waals surface area contributed by atoms with Gasteiger partial charge >= 0.3 is 5.97 Å². The fourth-order valence-corrected chi connectivity index (χ4v) is 1.06. The normalized spacial score (nSPS) is 11.1. The first-order valence-corrected chi connectivity index (χ1v) is 4.51. The van der Waals surface area contributed by atoms with Gasteiger partial charge in [-0.15, -0.1) is 0 Å². The zero-order chi connectivity index (χ0) is 11.6. The van der Waals surface area contributed by atoms with E-state index in [4.69, 9.17) is 21.1 Å². The van der Waals surface area contributed by atoms with Crippen molar-refractivity contribution >= 4 is 23.5 Å². The molecule has 2 N–H and O–H groups in total. The molecule has 5 nitrogen and oxygen atoms in total. The average molecular weight is 232 g/mol. The third kappa shape index (κ3) is 2.50. The fraction of sp³-hybridized carbons (Fsp3) is 0.333. The number of carbonyl (C=O) groups excluding carboxylic acids is 1. The van der Waals surface area contributed by atoms with Gasteiger partial charge in [0.05, 0.1) is 11.8 Å². The van der Waals surface area contributed by atoms with Crippen molar-refractivity contribution in [2.45, 2.75) is 19.4 Å². The van der Waals surface area contributed by atoms with Crippen LogP contribution in [0.2, 0.25) is 5.22 Å². The molecular formula is C9H10ClNO4. The Labute approximate surface area is 91.0 Å². The van der Waals surface area contributed by atoms with Crippen molar-refractivity contribution in [3.05, 3.63) is 23.1 Å². The predicted molar refractivity (Wildman–Crippen MR) is 52.9 cm³/mol. The molecular weight excluding hydrogens is 222 g/mol. The summed E-state index contributed by atoms with van der Waals surface area (Å²) in [5.41, 5.74) is -1.23. The highest BCUT2D eigenvalue weighted by Gasteiger charge is 2.30. The van der Waals surface area contributed by atoms with Gasteiger partial charge < -0.3 is 14.8 Å². The summed E-state index contributed by atoms with van der Waals surface area (Å²) in [6.45, 7) is 2.75. The molecule has 15 heavy (non-hydrogen) atoms. The maximum atomic E-state index is 11.5. The maximum absolute atomic E-state index is 11.5. The van der Waals surface area contributed by atoms with Gasteiger partial charge in [0, 0.05) is 0 Å². The van der Waals surface area contributed by atoms with Crippen molar-refractivity contribution in [1.29, 1.82) is 0 Å². The van der Waals surface area contributed by atoms with E-state index in [0.717, 1.165) is 0 Å². The molecule has 0 radical (unpaired) electrons. The van der Waals surface area contributed by atoms with Crippen LogP contribution in [0, 0.1) is 0 Å². The number of aliphatic carboxylic acids is 1. The molecule has 1 rings (SSSR count). The second kappa shape index (κ2) is 3.94. The van der Waals surface area contributed by atoms with E-state index in [0.29, 0.717) is 0 Å². The SMILES string of the molecule is CC(C)(NC(=O)c1ccoc1Cl)C(=O)O. The summed E-state index contributed by atoms with van der Waals surface area (Å²) < 4.78 is 4.72. The third-order valence-corrected chi connectivity index (χ3v) is 2.12. The highest BCUT2D eigenvalue weighted by Crippen LogP contribution is 2.17. The standard InChI is InChI=1S/C9H10ClNO4/c1-9(2,8(13)14)11-7(12)5-3-4-15-6(5)10/h3-4H,1-2H3,(H,11,12)(H,13,14). The van der Waals surface area contributed by atoms with Gasteiger partial charge in [-0.3, -0.25) is 4.79 Å². The Morgan fingerprint density at radius 3 is 2.53 bits per heavy atom. The third-order valence-electron chi connectivity index (χ3n) is 1.82. The van der Waals surface area contributed by atoms with Crippen LogP contribution in [-0.2, 0) is 4.79 Å². The molecule has 0 saturated heterocycles. The second-order valence-electron chi connectivity index (χ2n) is 3.49. The number of carboxylic acids is 1. The Morgan fingerprint density at radius 1 is 1.53 bits per heavy atom. The lowest BCUT2D eigenvalue weighted by Crippen LogP contribution is -2.49. The van der Waals surface area contributed by atoms with E-state index in [-0.39, 0.29) is 10.8 Å². The van der Waals surface area contributed by atoms with Crippen molar-refractivity contribution in [3.8, 4) is 0 Å². The van der Waals surface area contributed by atoms with Gasteiger partial charge in [0.25, 0.3) is 5.91 Å². The van der Waals surface area contributed by atoms with E-state index < -0.39 is 17.4 Å². The Balaban J connectivity index is 2.81. The summed E-state index contributed by atoms with van der Waals surface area (Å²) in [6.07, 6.45) is 1.25. The van der Waals surface area contributed by atoms with Gasteiger partial charge in [-0.25, -0.2) is 4.79 Å². The van der Waals surface area contributed by atoms with E-state index in [9.17, 15) is 9.59 Å². The molecule has 0 spiro atoms. The number of hydrogen-bond donors (Lipinski definition) is 2. The topological polar surface area (TPSA) is 79.5 Å². The average Bonchev–Trinajstić information content (AvgIpc) is 2.50. The lowest BCUT2D eigenvalue weighted by molar-refractivity contribution is -0.143. The molecule has 0 atom stereocenters. The van der Waals surface area contributed by atoms with Gasteiger partial charge in [0.2, 0.25) is 5.22 Å². The smallest absolute Gasteiger partial charge is 0.328 e. The van der Waals surface area contributed by atoms with Gasteiger partial charge in [-0.1, -0.05) is 0 Å². The molecule has 0 bridgehead atoms. The molecule has 0 aromatic carbocycles. The van der Waals surface area contributed by atoms with E-state index in [1.54, 1.807) is 0 Å². The Hall–Kier alpha value is -1.49. The van der Waals surface area contributed by atoms with E-state index in [1.807, 2.05) is 0 Å². The summed E-state index contributed by atoms with van der Waals surface area (Å²) in [4.78, 5) is 22.3. The summed E-state index contributed by atoms with van der Waals surface area (Å²) in [6, 6.07) is 1.37. The molecule has 6 heteroatoms. The van der Waals surface area contributed by atoms with E-state index >= 15 is 0 Å². The molecule has 1 aromatic rings. The molecule has 1 heterocycles. The van der Waals surface area contributed by atoms with Crippen LogP contribution >= 0.6 is 11.6 Å². The molecule has 0 fully saturated rings. The predicted octanol–water partition coefficient (Wildman–Crippen LogP) is 1.53. The van der Waals surface area contributed by atoms with Crippen LogP contribution in [0.3, 0.4) is 0 Å². The lowest BCUT2D eigenvalue weighted by Gasteiger charge is -2.20. The van der Waals surface area contributed by atoms with Crippen LogP contribution in [-0.4, -0.2) is 22.5 Å². The summed E-state index contributed by atoms with van der Waals surface area (Å²) in [5, 5.41) is 11.0. The molecule has 0 aliphatic rings. The number of carbonyl (C=O) groups is 2. The van der Waals surface area contributed by atoms with Crippen LogP contribution in [0.25, 0.3) is 0 Å². The lowest BCUT2D eigenvalue weighted by atomic mass is 10.1. The first-order valence-electron chi connectivity index (χ1n) is 4.13. The van der Waals surface area contributed by atoms with Gasteiger partial charge in [0.1, 0.15) is 5.54 Å². The largest absolute Gasteiger partial charge is 0.480 e. The zero-order valence-corrected chi connectivity index (χ0v) is 8.96. The molecule has 1 aromatic heterocycles. The molecule has 0 aliphatic heterocycles. The molecule has 0 saturated carbocycles. The zero-order valence-electron chi connectivity index (χ0n) is 8.20. The van der Waals surface area contributed by atoms with E-state index in [1.165, 1.54) is 26.2 Å². The van der Waals surface area contributed by atoms with Crippen molar-refractivity contribution in [1.82, 2.24) is 5.32 Å². The highest BCUT2D eigenvalue weighted by atomic mass is 35.5. The van der Waals surface area contributed by atoms with Gasteiger partial charge in [-0.05, 0) is 31.5 Å². The molecule has 82 valence electrons. The van der Waals surface area contributed by atoms with Crippen LogP contribution in [0.15, 0.2) is 16.7 Å². The van der Waals surface area contributed by atoms with Gasteiger partial charge in [-0.2, -0.15) is 0 Å². The fourth-order valence-electron chi connectivity index (χ4n) is 0.860. The Bertz CT molecular complexity index is 397. The van der Waals surface area contributed by atoms with Crippen molar-refractivity contribution in [2.75, 3.05) is 0 Å². The Kier molecular flexibility index (Phi) is 3.04. The van der Waals surface area contributed by atoms with Crippen molar-refractivity contribution < 1.29 is 19.1 Å². The summed E-state index contributed by atoms with van der Waals surface area (Å²) in [5.74, 6) is -1.71. The number of nitrogens with one attached hydrogen (secondary N) is 1. The quantitative estimate of drug-likeness (QED) is 0.827. The molecule has 0 aliphatic carbocycles. The monoisotopic (exact) mass is 231 g/mol. The molecule has 1 amide bonds. The minimum Gasteiger partial charge on any atom is -0.480 e. The first kappa shape index (κ1) is 11.6. The number of carboxylic acid groups (broad SMARTS) is 1. The summed E-state index contributed by atoms with van der Waals surface area (Å²) >= 11 is 5.57. The van der Waals surface area contributed by atoms with Crippen LogP contribution in [0.4, 0.5) is 0 Å². The number of furan rings is 1. The number of hydrogen-bond acceptors (Lipinski definition) is 3. The molecule has 0 unspecified atom stereocenters. The number of amides is 1. The minimum absolute atomic E-state index is 0.0614. The van der Waals surface area contributed by atoms with Crippen LogP contribution in [0.5, 0.6) is 0 Å². The van der Waals surface area contributed by atoms with Crippen LogP contribution in [0.1, 0.15) is 24.2 Å². The number of rotatable bonds is 3. The summed E-state index contributed by atoms with van der Waals surface area (Å²) in [7, 11) is 0. The van der Waals surface area contributed by atoms with Crippen molar-refractivity contribution in [2.24, 2.45) is 0 Å². The van der Waals surface area contributed by atoms with Crippen LogP contribution < -0.4 is 5.32 Å². The maximum Gasteiger partial charge on any atom is 0.328 e. The minimum atomic E-state index is -1.35. The van der Waals surface area contributed by atoms with Crippen molar-refractivity contribution in [3.63, 3.8) is 0 Å². The highest BCUT2D eigenvalue weighted by molar-refractivity contribution is 6.32. The van der Waals surface area contributed by atoms with E-state index in [2.05, 4.69) is 5.32 Å². The number of halogens is 1. The first-order chi connectivity index (χ1) is 6.84. The Morgan fingerprint density at radius 2 is 2.13 bits per heavy atom.